The number of H-pyrrole nitrogens is 2. The third kappa shape index (κ3) is 9.52. The highest BCUT2D eigenvalue weighted by atomic mass is 32.1. The average Bonchev–Trinajstić information content (AvgIpc) is 2.12. The third-order valence-electron chi connectivity index (χ3n) is 16.0. The molecule has 0 bridgehead atoms. The first-order valence-electron chi connectivity index (χ1n) is 27.3. The molecule has 1 aliphatic carbocycles. The van der Waals surface area contributed by atoms with E-state index in [1.807, 2.05) is 24.3 Å². The lowest BCUT2D eigenvalue weighted by molar-refractivity contribution is 0.0975. The molecule has 2 unspecified atom stereocenters. The lowest BCUT2D eigenvalue weighted by atomic mass is 10.0. The van der Waals surface area contributed by atoms with Crippen molar-refractivity contribution in [2.45, 2.75) is 44.9 Å². The molecule has 9 heterocycles. The third-order valence-corrected chi connectivity index (χ3v) is 18.4. The molecular formula is C65H46F4N10O4S2. The number of fused-ring (bicyclic) bond motifs is 7. The van der Waals surface area contributed by atoms with Crippen molar-refractivity contribution in [1.82, 2.24) is 30.1 Å². The molecular weight excluding hydrogens is 1120 g/mol. The fraction of sp³-hybridized carbons (Fsp3) is 0.138. The van der Waals surface area contributed by atoms with Gasteiger partial charge in [0.05, 0.1) is 55.7 Å². The van der Waals surface area contributed by atoms with Crippen molar-refractivity contribution < 1.29 is 36.7 Å². The van der Waals surface area contributed by atoms with E-state index in [0.717, 1.165) is 39.1 Å². The normalized spacial score (nSPS) is 15.1. The molecule has 0 radical (unpaired) electrons. The molecule has 11 aromatic rings. The van der Waals surface area contributed by atoms with E-state index in [1.165, 1.54) is 57.5 Å². The summed E-state index contributed by atoms with van der Waals surface area (Å²) in [4.78, 5) is 78.2. The Kier molecular flexibility index (Phi) is 13.2. The van der Waals surface area contributed by atoms with Crippen LogP contribution in [0.25, 0.3) is 54.4 Å². The second kappa shape index (κ2) is 21.1. The van der Waals surface area contributed by atoms with Crippen LogP contribution in [-0.4, -0.2) is 66.9 Å². The fourth-order valence-electron chi connectivity index (χ4n) is 11.7. The van der Waals surface area contributed by atoms with Crippen molar-refractivity contribution in [3.05, 3.63) is 224 Å². The number of pyridine rings is 3. The largest absolute Gasteiger partial charge is 0.345 e. The zero-order chi connectivity index (χ0) is 58.4. The van der Waals surface area contributed by atoms with Gasteiger partial charge in [0.15, 0.2) is 0 Å². The molecule has 4 amide bonds. The van der Waals surface area contributed by atoms with Gasteiger partial charge in [-0.2, -0.15) is 5.10 Å². The highest BCUT2D eigenvalue weighted by molar-refractivity contribution is 7.18. The molecule has 3 aliphatic rings. The van der Waals surface area contributed by atoms with Crippen LogP contribution in [0.15, 0.2) is 146 Å². The number of nitrogens with zero attached hydrogens (tertiary/aromatic N) is 6. The average molecular weight is 1170 g/mol. The number of nitrogens with one attached hydrogen (secondary N) is 4. The Morgan fingerprint density at radius 1 is 0.612 bits per heavy atom. The summed E-state index contributed by atoms with van der Waals surface area (Å²) in [6.45, 7) is 3.75. The molecule has 4 N–H and O–H groups in total. The number of hydrogen-bond acceptors (Lipinski definition) is 10. The number of carbonyl (C=O) groups excluding carboxylic acids is 4. The topological polar surface area (TPSA) is 182 Å². The Morgan fingerprint density at radius 3 is 1.98 bits per heavy atom. The van der Waals surface area contributed by atoms with E-state index in [4.69, 9.17) is 9.97 Å². The molecule has 7 aromatic heterocycles. The summed E-state index contributed by atoms with van der Waals surface area (Å²) in [5.74, 6) is -4.41. The van der Waals surface area contributed by atoms with E-state index in [2.05, 4.69) is 30.8 Å². The van der Waals surface area contributed by atoms with Gasteiger partial charge < -0.3 is 25.4 Å². The second-order valence-corrected chi connectivity index (χ2v) is 23.3. The van der Waals surface area contributed by atoms with Crippen molar-refractivity contribution in [3.63, 3.8) is 0 Å². The SMILES string of the molecule is Cc1cc(C2CC2c2[nH]ncc2-c2cccc(C(=O)N3CCc4cc(C(=O)Nc5c(C)cccc5F)sc4-c4c(F)cccc43)n2)cc(F)c1NC(=O)c1cc2c(s1)-c1ccc(F)cc1N(C(=O)c1cccc(-c3c[nH]c4ncccc34)n1)CC2. The minimum atomic E-state index is -0.607. The number of benzene rings is 4. The number of halogens is 4. The summed E-state index contributed by atoms with van der Waals surface area (Å²) in [5.41, 5.74) is 8.99. The zero-order valence-corrected chi connectivity index (χ0v) is 46.8. The first-order chi connectivity index (χ1) is 41.2. The number of aromatic nitrogens is 6. The van der Waals surface area contributed by atoms with E-state index in [1.54, 1.807) is 99.2 Å². The fourth-order valence-corrected chi connectivity index (χ4v) is 14.0. The van der Waals surface area contributed by atoms with Crippen LogP contribution < -0.4 is 20.4 Å². The van der Waals surface area contributed by atoms with Gasteiger partial charge in [0.25, 0.3) is 23.6 Å². The van der Waals surface area contributed by atoms with Gasteiger partial charge in [-0.25, -0.2) is 32.5 Å². The van der Waals surface area contributed by atoms with Crippen LogP contribution in [0.5, 0.6) is 0 Å². The predicted octanol–water partition coefficient (Wildman–Crippen LogP) is 14.2. The number of para-hydroxylation sites is 1. The lowest BCUT2D eigenvalue weighted by Gasteiger charge is -2.23. The predicted molar refractivity (Wildman–Crippen MR) is 320 cm³/mol. The Balaban J connectivity index is 0.663. The van der Waals surface area contributed by atoms with Gasteiger partial charge >= 0.3 is 0 Å². The molecule has 4 aromatic carbocycles. The molecule has 0 spiro atoms. The van der Waals surface area contributed by atoms with Crippen LogP contribution >= 0.6 is 22.7 Å². The minimum Gasteiger partial charge on any atom is -0.345 e. The van der Waals surface area contributed by atoms with Gasteiger partial charge in [0.1, 0.15) is 40.3 Å². The number of hydrogen-bond donors (Lipinski definition) is 4. The summed E-state index contributed by atoms with van der Waals surface area (Å²) in [6, 6.07) is 34.0. The van der Waals surface area contributed by atoms with Crippen molar-refractivity contribution in [1.29, 1.82) is 0 Å². The summed E-state index contributed by atoms with van der Waals surface area (Å²) in [6.07, 6.45) is 6.42. The van der Waals surface area contributed by atoms with E-state index < -0.39 is 46.9 Å². The first kappa shape index (κ1) is 53.1. The van der Waals surface area contributed by atoms with Crippen LogP contribution in [0.1, 0.15) is 92.1 Å². The highest BCUT2D eigenvalue weighted by Gasteiger charge is 2.43. The number of thiophene rings is 2. The maximum absolute atomic E-state index is 16.3. The van der Waals surface area contributed by atoms with Crippen molar-refractivity contribution in [3.8, 4) is 43.4 Å². The Morgan fingerprint density at radius 2 is 1.26 bits per heavy atom. The molecule has 85 heavy (non-hydrogen) atoms. The van der Waals surface area contributed by atoms with Gasteiger partial charge in [0, 0.05) is 68.9 Å². The standard InChI is InChI=1S/C65H46F4N10O4S2/c1-32-8-3-11-45(68)56(32)75-63(81)54-27-35-20-22-78(51-16-4-10-44(67)55(51)60(35)85-54)64(82)49-15-6-13-48(74-49)43-31-72-77-58(43)41-29-40(41)36-24-33(2)57(46(69)25-36)76-62(80)53-26-34-19-23-79(52-28-37(66)17-18-39(52)59(34)84-53)65(83)50-14-5-12-47(73-50)42-30-71-61-38(42)9-7-21-70-61/h3-18,21,24-28,30-31,40-41H,19-20,22-23,29H2,1-2H3,(H,70,71)(H,72,77)(H,75,81)(H,76,80). The van der Waals surface area contributed by atoms with E-state index in [0.29, 0.717) is 90.1 Å². The minimum absolute atomic E-state index is 0.0366. The molecule has 0 saturated heterocycles. The molecule has 20 heteroatoms. The molecule has 14 nitrogen and oxygen atoms in total. The Hall–Kier alpha value is -9.92. The summed E-state index contributed by atoms with van der Waals surface area (Å²) in [5, 5.41) is 13.8. The number of aromatic amines is 2. The zero-order valence-electron chi connectivity index (χ0n) is 45.2. The smallest absolute Gasteiger partial charge is 0.276 e. The van der Waals surface area contributed by atoms with Crippen LogP contribution in [-0.2, 0) is 12.8 Å². The molecule has 2 aliphatic heterocycles. The number of aryl methyl sites for hydroxylation is 2. The quantitative estimate of drug-likeness (QED) is 0.0976. The second-order valence-electron chi connectivity index (χ2n) is 21.2. The van der Waals surface area contributed by atoms with Gasteiger partial charge in [-0.3, -0.25) is 24.3 Å². The first-order valence-corrected chi connectivity index (χ1v) is 28.9. The number of carbonyl (C=O) groups is 4. The number of anilines is 4. The van der Waals surface area contributed by atoms with Crippen molar-refractivity contribution >= 4 is 80.1 Å². The number of amides is 4. The van der Waals surface area contributed by atoms with Crippen LogP contribution in [0.4, 0.5) is 40.3 Å². The molecule has 14 rings (SSSR count). The highest BCUT2D eigenvalue weighted by Crippen LogP contribution is 2.56. The molecule has 2 atom stereocenters. The molecule has 1 saturated carbocycles. The van der Waals surface area contributed by atoms with Gasteiger partial charge in [-0.1, -0.05) is 36.4 Å². The summed E-state index contributed by atoms with van der Waals surface area (Å²) < 4.78 is 62.1. The monoisotopic (exact) mass is 1170 g/mol. The number of rotatable bonds is 10. The van der Waals surface area contributed by atoms with E-state index in [9.17, 15) is 23.6 Å². The lowest BCUT2D eigenvalue weighted by Crippen LogP contribution is -2.33. The van der Waals surface area contributed by atoms with Crippen LogP contribution in [0.3, 0.4) is 0 Å². The maximum Gasteiger partial charge on any atom is 0.276 e. The summed E-state index contributed by atoms with van der Waals surface area (Å²) in [7, 11) is 0. The van der Waals surface area contributed by atoms with Gasteiger partial charge in [-0.15, -0.1) is 22.7 Å². The van der Waals surface area contributed by atoms with Crippen LogP contribution in [0.2, 0.25) is 0 Å². The summed E-state index contributed by atoms with van der Waals surface area (Å²) >= 11 is 2.26. The van der Waals surface area contributed by atoms with Gasteiger partial charge in [0.2, 0.25) is 0 Å². The van der Waals surface area contributed by atoms with Gasteiger partial charge in [-0.05, 0) is 158 Å². The van der Waals surface area contributed by atoms with Crippen LogP contribution in [0, 0.1) is 37.1 Å². The van der Waals surface area contributed by atoms with E-state index in [-0.39, 0.29) is 58.1 Å². The maximum atomic E-state index is 16.3. The molecule has 420 valence electrons. The molecule has 1 fully saturated rings. The van der Waals surface area contributed by atoms with E-state index >= 15 is 13.2 Å². The Bertz CT molecular complexity index is 4560. The van der Waals surface area contributed by atoms with Crippen molar-refractivity contribution in [2.24, 2.45) is 0 Å². The van der Waals surface area contributed by atoms with Crippen molar-refractivity contribution in [2.75, 3.05) is 33.5 Å². The Labute approximate surface area is 490 Å².